The van der Waals surface area contributed by atoms with Gasteiger partial charge in [-0.05, 0) is 69.0 Å². The Hall–Kier alpha value is -4.41. The van der Waals surface area contributed by atoms with Crippen molar-refractivity contribution in [2.24, 2.45) is 16.6 Å². The Morgan fingerprint density at radius 1 is 0.955 bits per heavy atom. The van der Waals surface area contributed by atoms with Crippen molar-refractivity contribution < 1.29 is 28.6 Å². The van der Waals surface area contributed by atoms with E-state index in [1.54, 1.807) is 29.2 Å². The van der Waals surface area contributed by atoms with E-state index in [4.69, 9.17) is 30.7 Å². The van der Waals surface area contributed by atoms with E-state index in [9.17, 15) is 9.59 Å². The molecule has 4 rings (SSSR count). The lowest BCUT2D eigenvalue weighted by molar-refractivity contribution is -0.163. The van der Waals surface area contributed by atoms with Gasteiger partial charge in [0.15, 0.2) is 6.10 Å². The van der Waals surface area contributed by atoms with Crippen LogP contribution in [0, 0.1) is 0 Å². The number of carbonyl (C=O) groups is 2. The van der Waals surface area contributed by atoms with Crippen LogP contribution < -0.4 is 16.4 Å². The number of amides is 1. The number of nitrogens with two attached hydrogens (primary N) is 2. The average molecular weight is 605 g/mol. The molecule has 0 aromatic heterocycles. The van der Waals surface area contributed by atoms with Gasteiger partial charge in [-0.2, -0.15) is 0 Å². The zero-order valence-corrected chi connectivity index (χ0v) is 24.8. The highest BCUT2D eigenvalue weighted by Crippen LogP contribution is 2.27. The first-order valence-corrected chi connectivity index (χ1v) is 14.3. The summed E-state index contributed by atoms with van der Waals surface area (Å²) in [5, 5.41) is 0. The Bertz CT molecular complexity index is 1320. The molecule has 10 nitrogen and oxygen atoms in total. The number of hydrogen-bond donors (Lipinski definition) is 2. The lowest BCUT2D eigenvalue weighted by Gasteiger charge is -2.28. The van der Waals surface area contributed by atoms with E-state index >= 15 is 0 Å². The molecule has 1 fully saturated rings. The van der Waals surface area contributed by atoms with Crippen LogP contribution in [0.3, 0.4) is 0 Å². The summed E-state index contributed by atoms with van der Waals surface area (Å²) in [6.45, 7) is 6.41. The van der Waals surface area contributed by atoms with Crippen LogP contribution >= 0.6 is 0 Å². The lowest BCUT2D eigenvalue weighted by atomic mass is 10.0. The minimum atomic E-state index is -1.15. The highest BCUT2D eigenvalue weighted by atomic mass is 16.7. The zero-order valence-electron chi connectivity index (χ0n) is 24.8. The van der Waals surface area contributed by atoms with E-state index in [1.165, 1.54) is 0 Å². The quantitative estimate of drug-likeness (QED) is 0.128. The van der Waals surface area contributed by atoms with Gasteiger partial charge in [0.2, 0.25) is 6.10 Å². The third-order valence-electron chi connectivity index (χ3n) is 6.89. The van der Waals surface area contributed by atoms with E-state index in [2.05, 4.69) is 4.99 Å². The summed E-state index contributed by atoms with van der Waals surface area (Å²) in [6, 6.07) is 25.8. The number of nitrogens with zero attached hydrogens (tertiary/aromatic N) is 2. The van der Waals surface area contributed by atoms with Gasteiger partial charge in [-0.25, -0.2) is 15.5 Å². The van der Waals surface area contributed by atoms with Crippen molar-refractivity contribution in [3.8, 4) is 5.75 Å². The largest absolute Gasteiger partial charge is 0.490 e. The SMILES string of the molecule is C.CC(C)(C)OC(=O)N1CCCC1CN=C(N)c1ccc(OC[C@H](ON)C(=O)OC(c2ccccc2)c2ccccc2)cc1. The first kappa shape index (κ1) is 34.1. The average Bonchev–Trinajstić information content (AvgIpc) is 3.48. The molecule has 1 amide bonds. The molecule has 1 aliphatic heterocycles. The highest BCUT2D eigenvalue weighted by Gasteiger charge is 2.32. The molecular weight excluding hydrogens is 560 g/mol. The molecule has 1 unspecified atom stereocenters. The van der Waals surface area contributed by atoms with Crippen LogP contribution in [0.2, 0.25) is 0 Å². The Morgan fingerprint density at radius 3 is 2.09 bits per heavy atom. The van der Waals surface area contributed by atoms with Gasteiger partial charge in [0, 0.05) is 12.1 Å². The fourth-order valence-corrected chi connectivity index (χ4v) is 4.71. The molecule has 0 saturated carbocycles. The maximum absolute atomic E-state index is 13.0. The van der Waals surface area contributed by atoms with Crippen molar-refractivity contribution in [1.29, 1.82) is 0 Å². The molecule has 1 heterocycles. The smallest absolute Gasteiger partial charge is 0.410 e. The molecule has 1 saturated heterocycles. The molecule has 10 heteroatoms. The van der Waals surface area contributed by atoms with E-state index in [0.717, 1.165) is 24.0 Å². The molecule has 2 atom stereocenters. The molecule has 0 spiro atoms. The van der Waals surface area contributed by atoms with Gasteiger partial charge in [0.1, 0.15) is 23.8 Å². The molecule has 3 aromatic rings. The third kappa shape index (κ3) is 9.55. The fourth-order valence-electron chi connectivity index (χ4n) is 4.71. The van der Waals surface area contributed by atoms with Crippen molar-refractivity contribution in [3.63, 3.8) is 0 Å². The van der Waals surface area contributed by atoms with Crippen molar-refractivity contribution in [2.45, 2.75) is 64.9 Å². The molecule has 0 bridgehead atoms. The molecule has 0 aliphatic carbocycles. The summed E-state index contributed by atoms with van der Waals surface area (Å²) in [4.78, 5) is 36.8. The molecule has 3 aromatic carbocycles. The number of esters is 1. The highest BCUT2D eigenvalue weighted by molar-refractivity contribution is 5.97. The van der Waals surface area contributed by atoms with E-state index < -0.39 is 23.8 Å². The maximum atomic E-state index is 13.0. The van der Waals surface area contributed by atoms with Gasteiger partial charge in [-0.3, -0.25) is 9.83 Å². The van der Waals surface area contributed by atoms with Crippen LogP contribution in [0.5, 0.6) is 5.75 Å². The first-order valence-electron chi connectivity index (χ1n) is 14.3. The summed E-state index contributed by atoms with van der Waals surface area (Å²) >= 11 is 0. The van der Waals surface area contributed by atoms with Crippen LogP contribution in [0.4, 0.5) is 4.79 Å². The number of amidine groups is 1. The lowest BCUT2D eigenvalue weighted by Crippen LogP contribution is -2.41. The summed E-state index contributed by atoms with van der Waals surface area (Å²) in [5.41, 5.74) is 8.03. The molecular formula is C34H44N4O6. The predicted octanol–water partition coefficient (Wildman–Crippen LogP) is 5.40. The minimum absolute atomic E-state index is 0. The Labute approximate surface area is 259 Å². The summed E-state index contributed by atoms with van der Waals surface area (Å²) in [6.07, 6.45) is -0.377. The van der Waals surface area contributed by atoms with Crippen LogP contribution in [-0.4, -0.2) is 60.2 Å². The van der Waals surface area contributed by atoms with Gasteiger partial charge in [0.25, 0.3) is 0 Å². The Morgan fingerprint density at radius 2 is 1.55 bits per heavy atom. The summed E-state index contributed by atoms with van der Waals surface area (Å²) in [7, 11) is 0. The van der Waals surface area contributed by atoms with Crippen molar-refractivity contribution in [2.75, 3.05) is 19.7 Å². The van der Waals surface area contributed by atoms with Crippen LogP contribution in [-0.2, 0) is 19.1 Å². The fraction of sp³-hybridized carbons (Fsp3) is 0.382. The maximum Gasteiger partial charge on any atom is 0.410 e. The molecule has 4 N–H and O–H groups in total. The zero-order chi connectivity index (χ0) is 30.8. The number of aliphatic imine (C=N–C) groups is 1. The van der Waals surface area contributed by atoms with Crippen molar-refractivity contribution >= 4 is 17.9 Å². The second-order valence-corrected chi connectivity index (χ2v) is 11.3. The van der Waals surface area contributed by atoms with Crippen LogP contribution in [0.25, 0.3) is 0 Å². The second-order valence-electron chi connectivity index (χ2n) is 11.3. The van der Waals surface area contributed by atoms with E-state index in [0.29, 0.717) is 30.2 Å². The molecule has 236 valence electrons. The number of rotatable bonds is 11. The first-order chi connectivity index (χ1) is 20.6. The van der Waals surface area contributed by atoms with E-state index in [1.807, 2.05) is 81.4 Å². The van der Waals surface area contributed by atoms with Crippen molar-refractivity contribution in [3.05, 3.63) is 102 Å². The Kier molecular flexibility index (Phi) is 12.3. The summed E-state index contributed by atoms with van der Waals surface area (Å²) < 4.78 is 17.2. The van der Waals surface area contributed by atoms with Crippen LogP contribution in [0.15, 0.2) is 89.9 Å². The summed E-state index contributed by atoms with van der Waals surface area (Å²) in [5.74, 6) is 5.64. The Balaban J connectivity index is 0.00000529. The van der Waals surface area contributed by atoms with Gasteiger partial charge in [0.05, 0.1) is 12.6 Å². The number of ether oxygens (including phenoxy) is 3. The third-order valence-corrected chi connectivity index (χ3v) is 6.89. The monoisotopic (exact) mass is 604 g/mol. The molecule has 0 radical (unpaired) electrons. The standard InChI is InChI=1S/C33H40N4O6.CH4/c1-33(2,3)42-32(39)37-20-10-15-26(37)21-36-30(34)25-16-18-27(19-17-25)40-22-28(43-35)31(38)41-29(23-11-6-4-7-12-23)24-13-8-5-9-14-24;/h4-9,11-14,16-19,26,28-29H,10,15,20-22,35H2,1-3H3,(H2,34,36);1H4/t26?,28-;/m0./s1. The van der Waals surface area contributed by atoms with Crippen LogP contribution in [0.1, 0.15) is 63.8 Å². The van der Waals surface area contributed by atoms with Gasteiger partial charge in [-0.1, -0.05) is 68.1 Å². The minimum Gasteiger partial charge on any atom is -0.490 e. The van der Waals surface area contributed by atoms with Gasteiger partial charge < -0.3 is 24.8 Å². The van der Waals surface area contributed by atoms with Crippen molar-refractivity contribution in [1.82, 2.24) is 4.90 Å². The number of hydrogen-bond acceptors (Lipinski definition) is 8. The normalized spacial score (nSPS) is 15.8. The predicted molar refractivity (Wildman–Crippen MR) is 170 cm³/mol. The molecule has 44 heavy (non-hydrogen) atoms. The second kappa shape index (κ2) is 15.9. The number of benzene rings is 3. The number of carbonyl (C=O) groups excluding carboxylic acids is 2. The van der Waals surface area contributed by atoms with Gasteiger partial charge in [-0.15, -0.1) is 0 Å². The number of likely N-dealkylation sites (tertiary alicyclic amines) is 1. The van der Waals surface area contributed by atoms with E-state index in [-0.39, 0.29) is 26.2 Å². The topological polar surface area (TPSA) is 139 Å². The van der Waals surface area contributed by atoms with Gasteiger partial charge >= 0.3 is 12.1 Å². The molecule has 1 aliphatic rings.